The van der Waals surface area contributed by atoms with Gasteiger partial charge in [0.15, 0.2) is 0 Å². The molecule has 4 aromatic carbocycles. The van der Waals surface area contributed by atoms with E-state index >= 15 is 0 Å². The second-order valence-electron chi connectivity index (χ2n) is 11.7. The van der Waals surface area contributed by atoms with Crippen molar-refractivity contribution in [1.29, 1.82) is 0 Å². The second-order valence-corrected chi connectivity index (χ2v) is 11.7. The molecule has 0 saturated heterocycles. The van der Waals surface area contributed by atoms with Crippen molar-refractivity contribution in [3.05, 3.63) is 108 Å². The summed E-state index contributed by atoms with van der Waals surface area (Å²) in [6.07, 6.45) is 0. The maximum atomic E-state index is 3.81. The molecule has 176 valence electrons. The third-order valence-corrected chi connectivity index (χ3v) is 7.00. The van der Waals surface area contributed by atoms with Gasteiger partial charge in [-0.1, -0.05) is 133 Å². The smallest absolute Gasteiger partial charge is 0.0544 e. The van der Waals surface area contributed by atoms with Crippen LogP contribution < -0.4 is 0 Å². The molecule has 1 heterocycles. The molecule has 0 saturated carbocycles. The molecule has 0 spiro atoms. The molecule has 1 nitrogen and oxygen atoms in total. The lowest BCUT2D eigenvalue weighted by Crippen LogP contribution is -2.10. The number of H-pyrrole nitrogens is 1. The van der Waals surface area contributed by atoms with Crippen molar-refractivity contribution in [2.45, 2.75) is 52.4 Å². The summed E-state index contributed by atoms with van der Waals surface area (Å²) in [5.41, 5.74) is 10.2. The van der Waals surface area contributed by atoms with Gasteiger partial charge < -0.3 is 4.98 Å². The molecule has 5 rings (SSSR count). The van der Waals surface area contributed by atoms with Gasteiger partial charge in [-0.2, -0.15) is 0 Å². The summed E-state index contributed by atoms with van der Waals surface area (Å²) in [7, 11) is 0. The molecule has 0 amide bonds. The SMILES string of the molecule is CC(C)(C)c1ccc(-c2cc(-c3ccc(C(C)(C)C)cc3)c(-c3cccc4ccccc34)[nH]2)cc1. The lowest BCUT2D eigenvalue weighted by atomic mass is 9.86. The Hall–Kier alpha value is -3.58. The van der Waals surface area contributed by atoms with Gasteiger partial charge >= 0.3 is 0 Å². The number of hydrogen-bond acceptors (Lipinski definition) is 0. The first-order valence-corrected chi connectivity index (χ1v) is 12.5. The summed E-state index contributed by atoms with van der Waals surface area (Å²) < 4.78 is 0. The standard InChI is InChI=1S/C34H35N/c1-33(2,3)26-18-14-24(15-19-26)30-22-31(25-16-20-27(21-17-25)34(4,5)6)35-32(30)29-13-9-11-23-10-7-8-12-28(23)29/h7-22,35H,1-6H3. The van der Waals surface area contributed by atoms with E-state index in [9.17, 15) is 0 Å². The Morgan fingerprint density at radius 1 is 0.514 bits per heavy atom. The molecule has 0 radical (unpaired) electrons. The molecule has 0 aliphatic rings. The predicted molar refractivity (Wildman–Crippen MR) is 152 cm³/mol. The zero-order valence-electron chi connectivity index (χ0n) is 21.7. The summed E-state index contributed by atoms with van der Waals surface area (Å²) in [6, 6.07) is 35.6. The lowest BCUT2D eigenvalue weighted by molar-refractivity contribution is 0.590. The normalized spacial score (nSPS) is 12.3. The zero-order chi connectivity index (χ0) is 24.8. The Bertz CT molecular complexity index is 1460. The Morgan fingerprint density at radius 2 is 1.06 bits per heavy atom. The highest BCUT2D eigenvalue weighted by Gasteiger charge is 2.18. The highest BCUT2D eigenvalue weighted by atomic mass is 14.7. The first-order valence-electron chi connectivity index (χ1n) is 12.5. The Balaban J connectivity index is 1.68. The number of fused-ring (bicyclic) bond motifs is 1. The number of aromatic nitrogens is 1. The van der Waals surface area contributed by atoms with Crippen molar-refractivity contribution in [1.82, 2.24) is 4.98 Å². The van der Waals surface area contributed by atoms with Crippen molar-refractivity contribution < 1.29 is 0 Å². The van der Waals surface area contributed by atoms with Crippen LogP contribution in [0.4, 0.5) is 0 Å². The lowest BCUT2D eigenvalue weighted by Gasteiger charge is -2.19. The van der Waals surface area contributed by atoms with E-state index in [4.69, 9.17) is 0 Å². The predicted octanol–water partition coefficient (Wildman–Crippen LogP) is 9.76. The monoisotopic (exact) mass is 457 g/mol. The van der Waals surface area contributed by atoms with E-state index in [1.807, 2.05) is 0 Å². The van der Waals surface area contributed by atoms with Crippen LogP contribution in [-0.4, -0.2) is 4.98 Å². The summed E-state index contributed by atoms with van der Waals surface area (Å²) >= 11 is 0. The number of aromatic amines is 1. The molecule has 0 bridgehead atoms. The minimum atomic E-state index is 0.134. The summed E-state index contributed by atoms with van der Waals surface area (Å²) in [4.78, 5) is 3.81. The average Bonchev–Trinajstić information content (AvgIpc) is 3.28. The van der Waals surface area contributed by atoms with Crippen LogP contribution >= 0.6 is 0 Å². The minimum absolute atomic E-state index is 0.134. The molecule has 1 aromatic heterocycles. The number of benzene rings is 4. The number of rotatable bonds is 3. The Labute approximate surface area is 209 Å². The van der Waals surface area contributed by atoms with E-state index < -0.39 is 0 Å². The van der Waals surface area contributed by atoms with Gasteiger partial charge in [-0.15, -0.1) is 0 Å². The van der Waals surface area contributed by atoms with Crippen LogP contribution in [0.1, 0.15) is 52.7 Å². The van der Waals surface area contributed by atoms with Crippen LogP contribution in [0.25, 0.3) is 44.4 Å². The molecular weight excluding hydrogens is 422 g/mol. The molecule has 5 aromatic rings. The van der Waals surface area contributed by atoms with Crippen molar-refractivity contribution in [3.63, 3.8) is 0 Å². The molecule has 1 heteroatoms. The van der Waals surface area contributed by atoms with Gasteiger partial charge in [-0.25, -0.2) is 0 Å². The van der Waals surface area contributed by atoms with Crippen LogP contribution in [0.5, 0.6) is 0 Å². The summed E-state index contributed by atoms with van der Waals surface area (Å²) in [5, 5.41) is 2.52. The van der Waals surface area contributed by atoms with E-state index in [2.05, 4.69) is 144 Å². The van der Waals surface area contributed by atoms with Crippen LogP contribution in [0.15, 0.2) is 97.1 Å². The van der Waals surface area contributed by atoms with Gasteiger partial charge in [-0.05, 0) is 49.9 Å². The van der Waals surface area contributed by atoms with Gasteiger partial charge in [0.05, 0.1) is 5.69 Å². The van der Waals surface area contributed by atoms with Crippen molar-refractivity contribution in [2.24, 2.45) is 0 Å². The van der Waals surface area contributed by atoms with Crippen molar-refractivity contribution >= 4 is 10.8 Å². The van der Waals surface area contributed by atoms with Crippen LogP contribution in [0.3, 0.4) is 0 Å². The molecule has 0 fully saturated rings. The van der Waals surface area contributed by atoms with E-state index in [0.29, 0.717) is 0 Å². The highest BCUT2D eigenvalue weighted by Crippen LogP contribution is 2.39. The van der Waals surface area contributed by atoms with Crippen LogP contribution in [-0.2, 0) is 10.8 Å². The van der Waals surface area contributed by atoms with Gasteiger partial charge in [0.25, 0.3) is 0 Å². The fourth-order valence-electron chi connectivity index (χ4n) is 4.79. The van der Waals surface area contributed by atoms with Crippen LogP contribution in [0.2, 0.25) is 0 Å². The highest BCUT2D eigenvalue weighted by molar-refractivity contribution is 6.00. The van der Waals surface area contributed by atoms with E-state index in [1.54, 1.807) is 0 Å². The Kier molecular flexibility index (Phi) is 5.68. The molecule has 35 heavy (non-hydrogen) atoms. The molecular formula is C34H35N. The molecule has 0 aliphatic heterocycles. The molecule has 1 N–H and O–H groups in total. The fourth-order valence-corrected chi connectivity index (χ4v) is 4.79. The summed E-state index contributed by atoms with van der Waals surface area (Å²) in [6.45, 7) is 13.6. The van der Waals surface area contributed by atoms with E-state index in [0.717, 1.165) is 5.69 Å². The van der Waals surface area contributed by atoms with Gasteiger partial charge in [0, 0.05) is 16.8 Å². The van der Waals surface area contributed by atoms with E-state index in [1.165, 1.54) is 49.8 Å². The molecule has 0 atom stereocenters. The maximum absolute atomic E-state index is 3.81. The van der Waals surface area contributed by atoms with Gasteiger partial charge in [0.1, 0.15) is 0 Å². The van der Waals surface area contributed by atoms with Gasteiger partial charge in [-0.3, -0.25) is 0 Å². The van der Waals surface area contributed by atoms with Crippen molar-refractivity contribution in [2.75, 3.05) is 0 Å². The quantitative estimate of drug-likeness (QED) is 0.277. The van der Waals surface area contributed by atoms with Crippen molar-refractivity contribution in [3.8, 4) is 33.6 Å². The second kappa shape index (κ2) is 8.57. The minimum Gasteiger partial charge on any atom is -0.354 e. The first-order chi connectivity index (χ1) is 16.6. The molecule has 0 aliphatic carbocycles. The third-order valence-electron chi connectivity index (χ3n) is 7.00. The molecule has 0 unspecified atom stereocenters. The van der Waals surface area contributed by atoms with E-state index in [-0.39, 0.29) is 10.8 Å². The van der Waals surface area contributed by atoms with Gasteiger partial charge in [0.2, 0.25) is 0 Å². The fraction of sp³-hybridized carbons (Fsp3) is 0.235. The Morgan fingerprint density at radius 3 is 1.66 bits per heavy atom. The number of hydrogen-bond donors (Lipinski definition) is 1. The third kappa shape index (κ3) is 4.56. The zero-order valence-corrected chi connectivity index (χ0v) is 21.7. The number of nitrogens with one attached hydrogen (secondary N) is 1. The topological polar surface area (TPSA) is 15.8 Å². The summed E-state index contributed by atoms with van der Waals surface area (Å²) in [5.74, 6) is 0. The average molecular weight is 458 g/mol. The van der Waals surface area contributed by atoms with Crippen LogP contribution in [0, 0.1) is 0 Å². The largest absolute Gasteiger partial charge is 0.354 e. The maximum Gasteiger partial charge on any atom is 0.0544 e. The first kappa shape index (κ1) is 23.2.